The third-order valence-corrected chi connectivity index (χ3v) is 2.07. The van der Waals surface area contributed by atoms with Gasteiger partial charge in [0.1, 0.15) is 0 Å². The lowest BCUT2D eigenvalue weighted by molar-refractivity contribution is 1.26. The molecule has 0 spiro atoms. The van der Waals surface area contributed by atoms with Gasteiger partial charge in [0.2, 0.25) is 0 Å². The lowest BCUT2D eigenvalue weighted by atomic mass is 10.2. The number of fused-ring (bicyclic) bond motifs is 1. The highest BCUT2D eigenvalue weighted by atomic mass is 32.1. The van der Waals surface area contributed by atoms with Crippen molar-refractivity contribution >= 4 is 18.7 Å². The molecule has 1 aromatic rings. The minimum absolute atomic E-state index is 0.999. The smallest absolute Gasteiger partial charge is 0.0427 e. The van der Waals surface area contributed by atoms with Crippen LogP contribution in [0.3, 0.4) is 0 Å². The molecule has 1 heterocycles. The second-order valence-corrected chi connectivity index (χ2v) is 3.11. The van der Waals surface area contributed by atoms with E-state index in [1.165, 1.54) is 11.3 Å². The SMILES string of the molecule is SC1=Cc2[nH]ccc2CC=C1. The molecule has 0 atom stereocenters. The Hall–Kier alpha value is -0.890. The van der Waals surface area contributed by atoms with Crippen molar-refractivity contribution < 1.29 is 0 Å². The van der Waals surface area contributed by atoms with E-state index in [-0.39, 0.29) is 0 Å². The second-order valence-electron chi connectivity index (χ2n) is 2.59. The highest BCUT2D eigenvalue weighted by molar-refractivity contribution is 7.84. The number of aromatic nitrogens is 1. The molecule has 2 heteroatoms. The molecule has 0 saturated heterocycles. The maximum Gasteiger partial charge on any atom is 0.0427 e. The van der Waals surface area contributed by atoms with Gasteiger partial charge in [-0.3, -0.25) is 0 Å². The maximum absolute atomic E-state index is 4.28. The van der Waals surface area contributed by atoms with Crippen LogP contribution >= 0.6 is 12.6 Å². The Kier molecular flexibility index (Phi) is 1.62. The molecule has 1 nitrogen and oxygen atoms in total. The van der Waals surface area contributed by atoms with E-state index >= 15 is 0 Å². The fraction of sp³-hybridized carbons (Fsp3) is 0.111. The lowest BCUT2D eigenvalue weighted by Crippen LogP contribution is -1.79. The summed E-state index contributed by atoms with van der Waals surface area (Å²) in [6.07, 6.45) is 9.15. The van der Waals surface area contributed by atoms with Gasteiger partial charge in [-0.2, -0.15) is 0 Å². The number of allylic oxidation sites excluding steroid dienone is 2. The molecule has 2 rings (SSSR count). The highest BCUT2D eigenvalue weighted by Crippen LogP contribution is 2.18. The molecule has 0 aliphatic heterocycles. The van der Waals surface area contributed by atoms with Crippen molar-refractivity contribution in [1.82, 2.24) is 4.98 Å². The third-order valence-electron chi connectivity index (χ3n) is 1.79. The molecule has 0 fully saturated rings. The summed E-state index contributed by atoms with van der Waals surface area (Å²) in [5.41, 5.74) is 2.52. The summed E-state index contributed by atoms with van der Waals surface area (Å²) in [4.78, 5) is 4.17. The van der Waals surface area contributed by atoms with Crippen molar-refractivity contribution in [3.05, 3.63) is 40.6 Å². The minimum atomic E-state index is 0.999. The first-order valence-corrected chi connectivity index (χ1v) is 4.04. The van der Waals surface area contributed by atoms with Crippen molar-refractivity contribution in [2.75, 3.05) is 0 Å². The monoisotopic (exact) mass is 163 g/mol. The number of hydrogen-bond acceptors (Lipinski definition) is 1. The van der Waals surface area contributed by atoms with Gasteiger partial charge in [-0.25, -0.2) is 0 Å². The molecule has 1 aliphatic carbocycles. The number of thiol groups is 1. The summed E-state index contributed by atoms with van der Waals surface area (Å²) < 4.78 is 0. The molecule has 1 aromatic heterocycles. The molecule has 1 aliphatic rings. The number of rotatable bonds is 0. The predicted molar refractivity (Wildman–Crippen MR) is 50.6 cm³/mol. The average Bonchev–Trinajstić information content (AvgIpc) is 2.31. The molecule has 0 radical (unpaired) electrons. The first-order valence-electron chi connectivity index (χ1n) is 3.60. The summed E-state index contributed by atoms with van der Waals surface area (Å²) in [6, 6.07) is 2.10. The second kappa shape index (κ2) is 2.62. The van der Waals surface area contributed by atoms with E-state index in [2.05, 4.69) is 29.8 Å². The first-order chi connectivity index (χ1) is 5.36. The van der Waals surface area contributed by atoms with Crippen molar-refractivity contribution in [2.45, 2.75) is 6.42 Å². The van der Waals surface area contributed by atoms with E-state index in [0.29, 0.717) is 0 Å². The van der Waals surface area contributed by atoms with Gasteiger partial charge in [-0.15, -0.1) is 12.6 Å². The Bertz CT molecular complexity index is 320. The Balaban J connectivity index is 2.52. The van der Waals surface area contributed by atoms with Crippen LogP contribution in [0.2, 0.25) is 0 Å². The maximum atomic E-state index is 4.28. The molecule has 56 valence electrons. The standard InChI is InChI=1S/C9H9NS/c11-8-3-1-2-7-4-5-10-9(7)6-8/h1,3-6,10-11H,2H2. The van der Waals surface area contributed by atoms with Gasteiger partial charge in [0.05, 0.1) is 0 Å². The number of aromatic amines is 1. The van der Waals surface area contributed by atoms with Gasteiger partial charge in [0.25, 0.3) is 0 Å². The number of H-pyrrole nitrogens is 1. The van der Waals surface area contributed by atoms with E-state index in [1.807, 2.05) is 18.3 Å². The van der Waals surface area contributed by atoms with Crippen LogP contribution in [0, 0.1) is 0 Å². The normalized spacial score (nSPS) is 15.5. The Morgan fingerprint density at radius 1 is 1.45 bits per heavy atom. The van der Waals surface area contributed by atoms with Gasteiger partial charge < -0.3 is 4.98 Å². The van der Waals surface area contributed by atoms with Crippen LogP contribution in [-0.4, -0.2) is 4.98 Å². The van der Waals surface area contributed by atoms with E-state index < -0.39 is 0 Å². The Morgan fingerprint density at radius 3 is 3.27 bits per heavy atom. The minimum Gasteiger partial charge on any atom is -0.361 e. The Labute approximate surface area is 71.2 Å². The molecule has 0 aromatic carbocycles. The Morgan fingerprint density at radius 2 is 2.36 bits per heavy atom. The van der Waals surface area contributed by atoms with Crippen LogP contribution < -0.4 is 0 Å². The molecule has 0 saturated carbocycles. The topological polar surface area (TPSA) is 15.8 Å². The van der Waals surface area contributed by atoms with Crippen LogP contribution in [0.5, 0.6) is 0 Å². The van der Waals surface area contributed by atoms with Gasteiger partial charge in [-0.05, 0) is 24.1 Å². The number of hydrogen-bond donors (Lipinski definition) is 2. The third kappa shape index (κ3) is 1.26. The molecular weight excluding hydrogens is 154 g/mol. The van der Waals surface area contributed by atoms with Gasteiger partial charge in [0, 0.05) is 16.8 Å². The summed E-state index contributed by atoms with van der Waals surface area (Å²) >= 11 is 4.28. The zero-order valence-electron chi connectivity index (χ0n) is 6.04. The molecule has 0 bridgehead atoms. The fourth-order valence-electron chi connectivity index (χ4n) is 1.23. The molecule has 0 amide bonds. The lowest BCUT2D eigenvalue weighted by Gasteiger charge is -1.91. The number of nitrogens with one attached hydrogen (secondary N) is 1. The van der Waals surface area contributed by atoms with Crippen LogP contribution in [0.1, 0.15) is 11.3 Å². The van der Waals surface area contributed by atoms with Crippen LogP contribution in [0.25, 0.3) is 6.08 Å². The predicted octanol–water partition coefficient (Wildman–Crippen LogP) is 2.40. The summed E-state index contributed by atoms with van der Waals surface area (Å²) in [7, 11) is 0. The molecule has 11 heavy (non-hydrogen) atoms. The molecular formula is C9H9NS. The summed E-state index contributed by atoms with van der Waals surface area (Å²) in [6.45, 7) is 0. The zero-order chi connectivity index (χ0) is 7.68. The van der Waals surface area contributed by atoms with Crippen LogP contribution in [0.4, 0.5) is 0 Å². The van der Waals surface area contributed by atoms with Gasteiger partial charge in [-0.1, -0.05) is 12.2 Å². The van der Waals surface area contributed by atoms with Gasteiger partial charge in [0.15, 0.2) is 0 Å². The van der Waals surface area contributed by atoms with Crippen molar-refractivity contribution in [1.29, 1.82) is 0 Å². The van der Waals surface area contributed by atoms with Crippen LogP contribution in [-0.2, 0) is 6.42 Å². The summed E-state index contributed by atoms with van der Waals surface area (Å²) in [5.74, 6) is 0. The van der Waals surface area contributed by atoms with E-state index in [4.69, 9.17) is 0 Å². The van der Waals surface area contributed by atoms with E-state index in [0.717, 1.165) is 11.3 Å². The van der Waals surface area contributed by atoms with E-state index in [9.17, 15) is 0 Å². The highest BCUT2D eigenvalue weighted by Gasteiger charge is 2.01. The zero-order valence-corrected chi connectivity index (χ0v) is 6.94. The van der Waals surface area contributed by atoms with E-state index in [1.54, 1.807) is 0 Å². The van der Waals surface area contributed by atoms with Crippen LogP contribution in [0.15, 0.2) is 29.3 Å². The van der Waals surface area contributed by atoms with Crippen molar-refractivity contribution in [3.63, 3.8) is 0 Å². The quantitative estimate of drug-likeness (QED) is 0.546. The van der Waals surface area contributed by atoms with Crippen molar-refractivity contribution in [3.8, 4) is 0 Å². The molecule has 0 unspecified atom stereocenters. The average molecular weight is 163 g/mol. The van der Waals surface area contributed by atoms with Crippen molar-refractivity contribution in [2.24, 2.45) is 0 Å². The largest absolute Gasteiger partial charge is 0.361 e. The first kappa shape index (κ1) is 6.80. The fourth-order valence-corrected chi connectivity index (χ4v) is 1.46. The molecule has 1 N–H and O–H groups in total. The van der Waals surface area contributed by atoms with Gasteiger partial charge >= 0.3 is 0 Å². The summed E-state index contributed by atoms with van der Waals surface area (Å²) in [5, 5.41) is 0.